The number of aliphatic hydroxyl groups is 4. The molecule has 398 valence electrons. The summed E-state index contributed by atoms with van der Waals surface area (Å²) in [5, 5.41) is 40.3. The first-order valence-corrected chi connectivity index (χ1v) is 29.1. The highest BCUT2D eigenvalue weighted by Crippen LogP contribution is 2.23. The molecule has 0 saturated carbocycles. The molecule has 1 rings (SSSR count). The molecule has 67 heavy (non-hydrogen) atoms. The molecule has 1 aliphatic heterocycles. The standard InChI is InChI=1S/C57H110O10/c1-3-5-7-9-11-13-15-17-19-21-23-24-25-26-28-30-32-34-36-38-40-42-44-46-53(60)66-50(49-65-57-56(63)55(62)54(61)51(47-58)67-57)48-64-52(59)45-43-41-39-37-35-33-31-29-27-22-20-18-16-14-12-10-8-6-4-2/h50-51,54-58,61-63H,3-49H2,1-2H3. The van der Waals surface area contributed by atoms with Crippen LogP contribution >= 0.6 is 0 Å². The Hall–Kier alpha value is -1.30. The third kappa shape index (κ3) is 39.1. The van der Waals surface area contributed by atoms with E-state index >= 15 is 0 Å². The smallest absolute Gasteiger partial charge is 0.306 e. The van der Waals surface area contributed by atoms with Gasteiger partial charge in [-0.05, 0) is 12.8 Å². The fraction of sp³-hybridized carbons (Fsp3) is 0.965. The number of esters is 2. The van der Waals surface area contributed by atoms with E-state index in [1.165, 1.54) is 231 Å². The van der Waals surface area contributed by atoms with Gasteiger partial charge in [-0.2, -0.15) is 0 Å². The van der Waals surface area contributed by atoms with Gasteiger partial charge in [0.15, 0.2) is 12.4 Å². The number of carbonyl (C=O) groups excluding carboxylic acids is 2. The van der Waals surface area contributed by atoms with E-state index < -0.39 is 49.4 Å². The summed E-state index contributed by atoms with van der Waals surface area (Å²) in [6.07, 6.45) is 46.9. The van der Waals surface area contributed by atoms with Crippen LogP contribution in [-0.4, -0.2) is 89.0 Å². The molecular weight excluding hydrogens is 845 g/mol. The summed E-state index contributed by atoms with van der Waals surface area (Å²) in [5.74, 6) is -0.781. The van der Waals surface area contributed by atoms with Crippen molar-refractivity contribution in [1.82, 2.24) is 0 Å². The van der Waals surface area contributed by atoms with Gasteiger partial charge >= 0.3 is 11.9 Å². The van der Waals surface area contributed by atoms with Gasteiger partial charge < -0.3 is 39.4 Å². The van der Waals surface area contributed by atoms with Crippen LogP contribution in [0, 0.1) is 0 Å². The second kappa shape index (κ2) is 48.3. The quantitative estimate of drug-likeness (QED) is 0.0342. The first-order chi connectivity index (χ1) is 32.8. The summed E-state index contributed by atoms with van der Waals surface area (Å²) < 4.78 is 22.3. The maximum Gasteiger partial charge on any atom is 0.306 e. The van der Waals surface area contributed by atoms with E-state index in [1.807, 2.05) is 0 Å². The number of hydrogen-bond donors (Lipinski definition) is 4. The molecule has 10 heteroatoms. The van der Waals surface area contributed by atoms with Gasteiger partial charge in [0.05, 0.1) is 13.2 Å². The van der Waals surface area contributed by atoms with Crippen molar-refractivity contribution in [3.63, 3.8) is 0 Å². The molecule has 1 saturated heterocycles. The van der Waals surface area contributed by atoms with E-state index in [-0.39, 0.29) is 32.0 Å². The highest BCUT2D eigenvalue weighted by atomic mass is 16.7. The Bertz CT molecular complexity index is 1060. The van der Waals surface area contributed by atoms with Crippen molar-refractivity contribution in [2.45, 2.75) is 333 Å². The molecule has 0 aromatic heterocycles. The maximum atomic E-state index is 12.9. The molecule has 0 aromatic carbocycles. The Kier molecular flexibility index (Phi) is 46.0. The Balaban J connectivity index is 2.18. The van der Waals surface area contributed by atoms with Gasteiger partial charge in [-0.15, -0.1) is 0 Å². The Morgan fingerprint density at radius 2 is 0.701 bits per heavy atom. The van der Waals surface area contributed by atoms with Crippen LogP contribution in [0.15, 0.2) is 0 Å². The van der Waals surface area contributed by atoms with Crippen LogP contribution in [0.5, 0.6) is 0 Å². The topological polar surface area (TPSA) is 152 Å². The lowest BCUT2D eigenvalue weighted by molar-refractivity contribution is -0.305. The van der Waals surface area contributed by atoms with Gasteiger partial charge in [0.2, 0.25) is 0 Å². The van der Waals surface area contributed by atoms with Crippen molar-refractivity contribution >= 4 is 11.9 Å². The summed E-state index contributed by atoms with van der Waals surface area (Å²) in [6.45, 7) is 3.50. The largest absolute Gasteiger partial charge is 0.462 e. The number of rotatable bonds is 51. The zero-order valence-electron chi connectivity index (χ0n) is 43.9. The fourth-order valence-electron chi connectivity index (χ4n) is 9.43. The molecular formula is C57H110O10. The molecule has 4 N–H and O–H groups in total. The van der Waals surface area contributed by atoms with Crippen LogP contribution in [0.2, 0.25) is 0 Å². The molecule has 0 radical (unpaired) electrons. The van der Waals surface area contributed by atoms with Gasteiger partial charge in [0, 0.05) is 12.8 Å². The number of ether oxygens (including phenoxy) is 4. The minimum Gasteiger partial charge on any atom is -0.462 e. The fourth-order valence-corrected chi connectivity index (χ4v) is 9.43. The van der Waals surface area contributed by atoms with E-state index in [0.717, 1.165) is 32.1 Å². The van der Waals surface area contributed by atoms with E-state index in [4.69, 9.17) is 18.9 Å². The first-order valence-electron chi connectivity index (χ1n) is 29.1. The molecule has 1 heterocycles. The molecule has 1 fully saturated rings. The molecule has 0 spiro atoms. The van der Waals surface area contributed by atoms with E-state index in [0.29, 0.717) is 6.42 Å². The number of carbonyl (C=O) groups is 2. The second-order valence-electron chi connectivity index (χ2n) is 20.5. The van der Waals surface area contributed by atoms with Gasteiger partial charge in [-0.25, -0.2) is 0 Å². The summed E-state index contributed by atoms with van der Waals surface area (Å²) >= 11 is 0. The SMILES string of the molecule is CCCCCCCCCCCCCCCCCCCCCCCCCC(=O)OC(COC(=O)CCCCCCCCCCCCCCCCCCCCC)COC1OC(CO)C(O)C(O)C1O. The zero-order chi connectivity index (χ0) is 48.7. The molecule has 0 amide bonds. The molecule has 0 bridgehead atoms. The number of hydrogen-bond acceptors (Lipinski definition) is 10. The minimum absolute atomic E-state index is 0.208. The van der Waals surface area contributed by atoms with Crippen molar-refractivity contribution < 1.29 is 49.0 Å². The van der Waals surface area contributed by atoms with Crippen LogP contribution in [-0.2, 0) is 28.5 Å². The summed E-state index contributed by atoms with van der Waals surface area (Å²) in [7, 11) is 0. The number of aliphatic hydroxyl groups excluding tert-OH is 4. The minimum atomic E-state index is -1.59. The zero-order valence-corrected chi connectivity index (χ0v) is 43.9. The van der Waals surface area contributed by atoms with Crippen LogP contribution in [0.25, 0.3) is 0 Å². The van der Waals surface area contributed by atoms with Gasteiger partial charge in [-0.3, -0.25) is 9.59 Å². The monoisotopic (exact) mass is 955 g/mol. The van der Waals surface area contributed by atoms with Crippen molar-refractivity contribution in [3.8, 4) is 0 Å². The lowest BCUT2D eigenvalue weighted by atomic mass is 9.99. The summed E-state index contributed by atoms with van der Waals surface area (Å²) in [4.78, 5) is 25.5. The van der Waals surface area contributed by atoms with Crippen LogP contribution in [0.3, 0.4) is 0 Å². The van der Waals surface area contributed by atoms with Crippen molar-refractivity contribution in [1.29, 1.82) is 0 Å². The molecule has 10 nitrogen and oxygen atoms in total. The highest BCUT2D eigenvalue weighted by Gasteiger charge is 2.44. The van der Waals surface area contributed by atoms with E-state index in [2.05, 4.69) is 13.8 Å². The van der Waals surface area contributed by atoms with Gasteiger partial charge in [0.25, 0.3) is 0 Å². The summed E-state index contributed by atoms with van der Waals surface area (Å²) in [5.41, 5.74) is 0. The van der Waals surface area contributed by atoms with Crippen molar-refractivity contribution in [2.24, 2.45) is 0 Å². The van der Waals surface area contributed by atoms with Crippen LogP contribution < -0.4 is 0 Å². The number of unbranched alkanes of at least 4 members (excludes halogenated alkanes) is 40. The molecule has 1 aliphatic rings. The maximum absolute atomic E-state index is 12.9. The molecule has 6 unspecified atom stereocenters. The Labute approximate surface area is 412 Å². The van der Waals surface area contributed by atoms with Crippen molar-refractivity contribution in [2.75, 3.05) is 19.8 Å². The molecule has 0 aliphatic carbocycles. The second-order valence-corrected chi connectivity index (χ2v) is 20.5. The average molecular weight is 955 g/mol. The third-order valence-corrected chi connectivity index (χ3v) is 14.0. The lowest BCUT2D eigenvalue weighted by Crippen LogP contribution is -2.59. The molecule has 6 atom stereocenters. The van der Waals surface area contributed by atoms with Crippen LogP contribution in [0.4, 0.5) is 0 Å². The summed E-state index contributed by atoms with van der Waals surface area (Å²) in [6, 6.07) is 0. The first kappa shape index (κ1) is 63.7. The third-order valence-electron chi connectivity index (χ3n) is 14.0. The van der Waals surface area contributed by atoms with Crippen molar-refractivity contribution in [3.05, 3.63) is 0 Å². The Morgan fingerprint density at radius 3 is 1.01 bits per heavy atom. The normalized spacial score (nSPS) is 18.9. The average Bonchev–Trinajstić information content (AvgIpc) is 3.33. The van der Waals surface area contributed by atoms with E-state index in [9.17, 15) is 30.0 Å². The highest BCUT2D eigenvalue weighted by molar-refractivity contribution is 5.70. The lowest BCUT2D eigenvalue weighted by Gasteiger charge is -2.39. The van der Waals surface area contributed by atoms with Gasteiger partial charge in [0.1, 0.15) is 31.0 Å². The predicted molar refractivity (Wildman–Crippen MR) is 275 cm³/mol. The Morgan fingerprint density at radius 1 is 0.403 bits per heavy atom. The van der Waals surface area contributed by atoms with E-state index in [1.54, 1.807) is 0 Å². The molecule has 0 aromatic rings. The van der Waals surface area contributed by atoms with Gasteiger partial charge in [-0.1, -0.05) is 271 Å². The van der Waals surface area contributed by atoms with Crippen LogP contribution in [0.1, 0.15) is 296 Å². The predicted octanol–water partition coefficient (Wildman–Crippen LogP) is 14.5.